The van der Waals surface area contributed by atoms with E-state index in [0.717, 1.165) is 5.56 Å². The molecule has 0 atom stereocenters. The van der Waals surface area contributed by atoms with Gasteiger partial charge in [-0.15, -0.1) is 0 Å². The maximum absolute atomic E-state index is 5.76. The molecule has 2 nitrogen and oxygen atoms in total. The molecule has 0 spiro atoms. The molecule has 18 heavy (non-hydrogen) atoms. The molecule has 0 aliphatic rings. The number of nitrogens with two attached hydrogens (primary N) is 1. The summed E-state index contributed by atoms with van der Waals surface area (Å²) in [4.78, 5) is 4.04. The fourth-order valence-corrected chi connectivity index (χ4v) is 2.32. The molecule has 0 fully saturated rings. The minimum atomic E-state index is 0.553. The normalized spacial score (nSPS) is 10.7. The van der Waals surface area contributed by atoms with Crippen molar-refractivity contribution in [3.8, 4) is 11.1 Å². The standard InChI is InChI=1S/C16H14N2/c1-11-6-7-14(12-8-9-18-16(17)10-12)15-5-3-2-4-13(11)15/h2-10H,1H3,(H2,17,18). The molecule has 0 amide bonds. The first kappa shape index (κ1) is 10.8. The van der Waals surface area contributed by atoms with Gasteiger partial charge >= 0.3 is 0 Å². The van der Waals surface area contributed by atoms with Crippen molar-refractivity contribution in [2.45, 2.75) is 6.92 Å². The number of pyridine rings is 1. The van der Waals surface area contributed by atoms with Crippen LogP contribution in [0.3, 0.4) is 0 Å². The Labute approximate surface area is 106 Å². The number of aromatic nitrogens is 1. The van der Waals surface area contributed by atoms with Crippen molar-refractivity contribution in [1.82, 2.24) is 4.98 Å². The Morgan fingerprint density at radius 1 is 0.944 bits per heavy atom. The molecule has 0 saturated carbocycles. The van der Waals surface area contributed by atoms with E-state index >= 15 is 0 Å². The van der Waals surface area contributed by atoms with E-state index in [4.69, 9.17) is 5.73 Å². The molecule has 0 aliphatic carbocycles. The summed E-state index contributed by atoms with van der Waals surface area (Å²) in [5.41, 5.74) is 9.36. The summed E-state index contributed by atoms with van der Waals surface area (Å²) in [7, 11) is 0. The van der Waals surface area contributed by atoms with Gasteiger partial charge in [0.05, 0.1) is 0 Å². The predicted molar refractivity (Wildman–Crippen MR) is 76.3 cm³/mol. The lowest BCUT2D eigenvalue weighted by Gasteiger charge is -2.09. The van der Waals surface area contributed by atoms with Crippen LogP contribution in [-0.2, 0) is 0 Å². The molecule has 2 heteroatoms. The molecule has 88 valence electrons. The summed E-state index contributed by atoms with van der Waals surface area (Å²) in [6, 6.07) is 16.6. The number of fused-ring (bicyclic) bond motifs is 1. The lowest BCUT2D eigenvalue weighted by atomic mass is 9.96. The largest absolute Gasteiger partial charge is 0.384 e. The van der Waals surface area contributed by atoms with Gasteiger partial charge in [-0.25, -0.2) is 4.98 Å². The monoisotopic (exact) mass is 234 g/mol. The Morgan fingerprint density at radius 3 is 2.50 bits per heavy atom. The van der Waals surface area contributed by atoms with E-state index in [1.807, 2.05) is 12.1 Å². The van der Waals surface area contributed by atoms with Crippen molar-refractivity contribution in [3.05, 3.63) is 60.3 Å². The second kappa shape index (κ2) is 4.15. The maximum atomic E-state index is 5.76. The van der Waals surface area contributed by atoms with Crippen molar-refractivity contribution >= 4 is 16.6 Å². The van der Waals surface area contributed by atoms with E-state index in [2.05, 4.69) is 48.3 Å². The van der Waals surface area contributed by atoms with Gasteiger partial charge in [-0.05, 0) is 46.5 Å². The van der Waals surface area contributed by atoms with Crippen LogP contribution in [0.15, 0.2) is 54.7 Å². The van der Waals surface area contributed by atoms with Crippen LogP contribution < -0.4 is 5.73 Å². The van der Waals surface area contributed by atoms with Crippen molar-refractivity contribution < 1.29 is 0 Å². The van der Waals surface area contributed by atoms with Gasteiger partial charge in [0.15, 0.2) is 0 Å². The molecule has 3 aromatic rings. The summed E-state index contributed by atoms with van der Waals surface area (Å²) < 4.78 is 0. The molecule has 0 radical (unpaired) electrons. The third-order valence-electron chi connectivity index (χ3n) is 3.23. The Balaban J connectivity index is 2.33. The number of nitrogens with zero attached hydrogens (tertiary/aromatic N) is 1. The zero-order valence-electron chi connectivity index (χ0n) is 10.2. The third-order valence-corrected chi connectivity index (χ3v) is 3.23. The number of benzene rings is 2. The summed E-state index contributed by atoms with van der Waals surface area (Å²) in [5, 5.41) is 2.54. The molecule has 0 unspecified atom stereocenters. The molecule has 2 N–H and O–H groups in total. The lowest BCUT2D eigenvalue weighted by Crippen LogP contribution is -1.90. The summed E-state index contributed by atoms with van der Waals surface area (Å²) >= 11 is 0. The van der Waals surface area contributed by atoms with Crippen molar-refractivity contribution in [1.29, 1.82) is 0 Å². The van der Waals surface area contributed by atoms with Crippen molar-refractivity contribution in [2.75, 3.05) is 5.73 Å². The fourth-order valence-electron chi connectivity index (χ4n) is 2.32. The van der Waals surface area contributed by atoms with Gasteiger partial charge in [-0.2, -0.15) is 0 Å². The smallest absolute Gasteiger partial charge is 0.123 e. The van der Waals surface area contributed by atoms with Crippen LogP contribution in [0.2, 0.25) is 0 Å². The number of hydrogen-bond acceptors (Lipinski definition) is 2. The summed E-state index contributed by atoms with van der Waals surface area (Å²) in [6.07, 6.45) is 1.75. The second-order valence-electron chi connectivity index (χ2n) is 4.44. The third kappa shape index (κ3) is 1.72. The molecule has 2 aromatic carbocycles. The van der Waals surface area contributed by atoms with Gasteiger partial charge in [-0.3, -0.25) is 0 Å². The van der Waals surface area contributed by atoms with Crippen LogP contribution >= 0.6 is 0 Å². The van der Waals surface area contributed by atoms with Crippen LogP contribution in [0.25, 0.3) is 21.9 Å². The van der Waals surface area contributed by atoms with E-state index in [1.54, 1.807) is 6.20 Å². The maximum Gasteiger partial charge on any atom is 0.123 e. The molecule has 0 bridgehead atoms. The van der Waals surface area contributed by atoms with E-state index < -0.39 is 0 Å². The van der Waals surface area contributed by atoms with Crippen LogP contribution in [0, 0.1) is 6.92 Å². The highest BCUT2D eigenvalue weighted by Gasteiger charge is 2.05. The number of nitrogen functional groups attached to an aromatic ring is 1. The first-order chi connectivity index (χ1) is 8.75. The number of aryl methyl sites for hydroxylation is 1. The SMILES string of the molecule is Cc1ccc(-c2ccnc(N)c2)c2ccccc12. The molecular formula is C16H14N2. The lowest BCUT2D eigenvalue weighted by molar-refractivity contribution is 1.34. The van der Waals surface area contributed by atoms with Crippen LogP contribution in [-0.4, -0.2) is 4.98 Å². The highest BCUT2D eigenvalue weighted by Crippen LogP contribution is 2.30. The first-order valence-electron chi connectivity index (χ1n) is 5.96. The van der Waals surface area contributed by atoms with Gasteiger partial charge in [-0.1, -0.05) is 36.4 Å². The number of rotatable bonds is 1. The van der Waals surface area contributed by atoms with Crippen LogP contribution in [0.5, 0.6) is 0 Å². The highest BCUT2D eigenvalue weighted by molar-refractivity contribution is 5.98. The van der Waals surface area contributed by atoms with E-state index in [-0.39, 0.29) is 0 Å². The van der Waals surface area contributed by atoms with E-state index in [9.17, 15) is 0 Å². The second-order valence-corrected chi connectivity index (χ2v) is 4.44. The Kier molecular flexibility index (Phi) is 2.49. The minimum absolute atomic E-state index is 0.553. The van der Waals surface area contributed by atoms with Crippen molar-refractivity contribution in [2.24, 2.45) is 0 Å². The summed E-state index contributed by atoms with van der Waals surface area (Å²) in [5.74, 6) is 0.553. The number of anilines is 1. The van der Waals surface area contributed by atoms with Crippen molar-refractivity contribution in [3.63, 3.8) is 0 Å². The Morgan fingerprint density at radius 2 is 1.72 bits per heavy atom. The average molecular weight is 234 g/mol. The van der Waals surface area contributed by atoms with Gasteiger partial charge < -0.3 is 5.73 Å². The van der Waals surface area contributed by atoms with Gasteiger partial charge in [0.1, 0.15) is 5.82 Å². The average Bonchev–Trinajstić information content (AvgIpc) is 2.39. The highest BCUT2D eigenvalue weighted by atomic mass is 14.8. The minimum Gasteiger partial charge on any atom is -0.384 e. The first-order valence-corrected chi connectivity index (χ1v) is 5.96. The molecule has 0 aliphatic heterocycles. The van der Waals surface area contributed by atoms with Crippen LogP contribution in [0.1, 0.15) is 5.56 Å². The fraction of sp³-hybridized carbons (Fsp3) is 0.0625. The Hall–Kier alpha value is -2.35. The predicted octanol–water partition coefficient (Wildman–Crippen LogP) is 3.79. The molecule has 1 heterocycles. The van der Waals surface area contributed by atoms with Crippen LogP contribution in [0.4, 0.5) is 5.82 Å². The van der Waals surface area contributed by atoms with Gasteiger partial charge in [0, 0.05) is 6.20 Å². The molecule has 0 saturated heterocycles. The number of hydrogen-bond donors (Lipinski definition) is 1. The topological polar surface area (TPSA) is 38.9 Å². The molecular weight excluding hydrogens is 220 g/mol. The quantitative estimate of drug-likeness (QED) is 0.695. The molecule has 1 aromatic heterocycles. The molecule has 3 rings (SSSR count). The van der Waals surface area contributed by atoms with Gasteiger partial charge in [0.2, 0.25) is 0 Å². The van der Waals surface area contributed by atoms with E-state index in [1.165, 1.54) is 21.9 Å². The zero-order chi connectivity index (χ0) is 12.5. The summed E-state index contributed by atoms with van der Waals surface area (Å²) in [6.45, 7) is 2.13. The Bertz CT molecular complexity index is 717. The van der Waals surface area contributed by atoms with E-state index in [0.29, 0.717) is 5.82 Å². The zero-order valence-corrected chi connectivity index (χ0v) is 10.2. The van der Waals surface area contributed by atoms with Gasteiger partial charge in [0.25, 0.3) is 0 Å².